The number of ketones is 1. The van der Waals surface area contributed by atoms with Crippen molar-refractivity contribution in [3.05, 3.63) is 82.7 Å². The van der Waals surface area contributed by atoms with E-state index >= 15 is 0 Å². The Bertz CT molecular complexity index is 1340. The van der Waals surface area contributed by atoms with Crippen LogP contribution in [0.15, 0.2) is 82.1 Å². The fourth-order valence-electron chi connectivity index (χ4n) is 4.06. The van der Waals surface area contributed by atoms with Crippen LogP contribution in [-0.2, 0) is 4.79 Å². The lowest BCUT2D eigenvalue weighted by Crippen LogP contribution is -2.44. The molecular weight excluding hydrogens is 526 g/mol. The van der Waals surface area contributed by atoms with E-state index in [0.717, 1.165) is 49.5 Å². The van der Waals surface area contributed by atoms with Crippen LogP contribution in [0.25, 0.3) is 0 Å². The Morgan fingerprint density at radius 1 is 1.10 bits per heavy atom. The van der Waals surface area contributed by atoms with Gasteiger partial charge >= 0.3 is 0 Å². The number of amides is 1. The second-order valence-electron chi connectivity index (χ2n) is 9.62. The smallest absolute Gasteiger partial charge is 0.247 e. The molecule has 1 aliphatic rings. The molecule has 0 aliphatic carbocycles. The molecule has 0 saturated carbocycles. The summed E-state index contributed by atoms with van der Waals surface area (Å²) in [7, 11) is 3.79. The number of benzene rings is 2. The van der Waals surface area contributed by atoms with Crippen molar-refractivity contribution in [1.82, 2.24) is 4.90 Å². The van der Waals surface area contributed by atoms with Crippen LogP contribution >= 0.6 is 11.6 Å². The minimum absolute atomic E-state index is 0.214. The van der Waals surface area contributed by atoms with Gasteiger partial charge in [-0.1, -0.05) is 37.2 Å². The van der Waals surface area contributed by atoms with Crippen LogP contribution in [-0.4, -0.2) is 63.1 Å². The number of hydrogen-bond acceptors (Lipinski definition) is 7. The van der Waals surface area contributed by atoms with Gasteiger partial charge in [0, 0.05) is 61.0 Å². The molecule has 1 amide bonds. The van der Waals surface area contributed by atoms with Crippen LogP contribution in [0.1, 0.15) is 37.6 Å². The van der Waals surface area contributed by atoms with Gasteiger partial charge in [0.15, 0.2) is 5.78 Å². The van der Waals surface area contributed by atoms with Crippen molar-refractivity contribution in [3.8, 4) is 5.75 Å². The number of allylic oxidation sites excluding steroid dienone is 3. The zero-order valence-corrected chi connectivity index (χ0v) is 24.6. The van der Waals surface area contributed by atoms with Crippen LogP contribution in [0.4, 0.5) is 17.1 Å². The summed E-state index contributed by atoms with van der Waals surface area (Å²) in [6.07, 6.45) is 3.41. The summed E-state index contributed by atoms with van der Waals surface area (Å²) in [5.41, 5.74) is 4.14. The van der Waals surface area contributed by atoms with Crippen molar-refractivity contribution in [2.75, 3.05) is 55.9 Å². The summed E-state index contributed by atoms with van der Waals surface area (Å²) in [6, 6.07) is 12.8. The number of likely N-dealkylation sites (N-methyl/N-ethyl adjacent to an activating group) is 1. The molecule has 0 atom stereocenters. The molecule has 0 unspecified atom stereocenters. The monoisotopic (exact) mass is 563 g/mol. The number of carbonyl (C=O) groups excluding carboxylic acids is 2. The van der Waals surface area contributed by atoms with Gasteiger partial charge in [-0.3, -0.25) is 9.59 Å². The first-order valence-electron chi connectivity index (χ1n) is 13.2. The maximum Gasteiger partial charge on any atom is 0.247 e. The van der Waals surface area contributed by atoms with Crippen molar-refractivity contribution < 1.29 is 14.3 Å². The highest BCUT2D eigenvalue weighted by molar-refractivity contribution is 6.42. The summed E-state index contributed by atoms with van der Waals surface area (Å²) >= 11 is 6.54. The van der Waals surface area contributed by atoms with E-state index < -0.39 is 0 Å². The molecule has 2 aromatic carbocycles. The van der Waals surface area contributed by atoms with E-state index in [1.807, 2.05) is 26.0 Å². The number of anilines is 3. The summed E-state index contributed by atoms with van der Waals surface area (Å²) in [6.45, 7) is 13.1. The molecule has 0 bridgehead atoms. The second-order valence-corrected chi connectivity index (χ2v) is 10.0. The number of piperazine rings is 1. The van der Waals surface area contributed by atoms with E-state index in [2.05, 4.69) is 45.1 Å². The lowest BCUT2D eigenvalue weighted by Gasteiger charge is -2.34. The highest BCUT2D eigenvalue weighted by Crippen LogP contribution is 2.32. The van der Waals surface area contributed by atoms with Gasteiger partial charge in [-0.25, -0.2) is 4.99 Å². The molecular formula is C31H38ClN5O3. The van der Waals surface area contributed by atoms with Crippen LogP contribution < -0.4 is 20.3 Å². The van der Waals surface area contributed by atoms with Crippen LogP contribution in [0.3, 0.4) is 0 Å². The third kappa shape index (κ3) is 8.07. The number of nitrogens with one attached hydrogen (secondary N) is 2. The van der Waals surface area contributed by atoms with Gasteiger partial charge in [0.25, 0.3) is 0 Å². The lowest BCUT2D eigenvalue weighted by molar-refractivity contribution is -0.111. The zero-order valence-electron chi connectivity index (χ0n) is 23.9. The van der Waals surface area contributed by atoms with Gasteiger partial charge in [-0.05, 0) is 63.2 Å². The van der Waals surface area contributed by atoms with Gasteiger partial charge < -0.3 is 25.2 Å². The van der Waals surface area contributed by atoms with Crippen molar-refractivity contribution >= 4 is 46.6 Å². The Labute approximate surface area is 242 Å². The number of halogens is 1. The van der Waals surface area contributed by atoms with E-state index in [-0.39, 0.29) is 16.7 Å². The molecule has 2 aromatic rings. The van der Waals surface area contributed by atoms with Crippen molar-refractivity contribution in [2.45, 2.75) is 27.2 Å². The molecule has 1 saturated heterocycles. The number of carbonyl (C=O) groups is 2. The summed E-state index contributed by atoms with van der Waals surface area (Å²) in [5.74, 6) is 0.717. The fraction of sp³-hybridized carbons (Fsp3) is 0.323. The van der Waals surface area contributed by atoms with Gasteiger partial charge in [-0.2, -0.15) is 0 Å². The number of aliphatic imine (C=N–C) groups is 1. The third-order valence-corrected chi connectivity index (χ3v) is 7.21. The van der Waals surface area contributed by atoms with E-state index in [1.165, 1.54) is 12.3 Å². The van der Waals surface area contributed by atoms with Crippen LogP contribution in [0.2, 0.25) is 0 Å². The van der Waals surface area contributed by atoms with Gasteiger partial charge in [-0.15, -0.1) is 0 Å². The molecule has 1 aliphatic heterocycles. The van der Waals surface area contributed by atoms with Crippen LogP contribution in [0.5, 0.6) is 5.75 Å². The van der Waals surface area contributed by atoms with Gasteiger partial charge in [0.2, 0.25) is 5.91 Å². The lowest BCUT2D eigenvalue weighted by atomic mass is 10.0. The minimum Gasteiger partial charge on any atom is -0.494 e. The van der Waals surface area contributed by atoms with Crippen molar-refractivity contribution in [2.24, 2.45) is 4.99 Å². The maximum atomic E-state index is 13.1. The Hall–Kier alpha value is -3.88. The molecule has 40 heavy (non-hydrogen) atoms. The first kappa shape index (κ1) is 30.7. The average molecular weight is 564 g/mol. The highest BCUT2D eigenvalue weighted by Gasteiger charge is 2.17. The predicted octanol–water partition coefficient (Wildman–Crippen LogP) is 6.09. The summed E-state index contributed by atoms with van der Waals surface area (Å²) in [5, 5.41) is 6.26. The number of ether oxygens (including phenoxy) is 1. The number of methoxy groups -OCH3 is 1. The number of hydrogen-bond donors (Lipinski definition) is 2. The summed E-state index contributed by atoms with van der Waals surface area (Å²) in [4.78, 5) is 34.0. The SMILES string of the molecule is C=CC(=O)Nc1cccc(C(=O)/C(C)=C(Cl)/C=N\C(Nc2ccc(N3CCN(C)CC3)cc2OC)=C(/C)CC)c1. The fourth-order valence-corrected chi connectivity index (χ4v) is 4.20. The number of nitrogens with zero attached hydrogens (tertiary/aromatic N) is 3. The minimum atomic E-state index is -0.356. The second kappa shape index (κ2) is 14.5. The van der Waals surface area contributed by atoms with E-state index in [0.29, 0.717) is 28.4 Å². The first-order valence-corrected chi connectivity index (χ1v) is 13.6. The van der Waals surface area contributed by atoms with Gasteiger partial charge in [0.1, 0.15) is 11.6 Å². The Morgan fingerprint density at radius 2 is 1.82 bits per heavy atom. The molecule has 0 radical (unpaired) electrons. The van der Waals surface area contributed by atoms with E-state index in [1.54, 1.807) is 38.3 Å². The molecule has 8 nitrogen and oxygen atoms in total. The molecule has 9 heteroatoms. The maximum absolute atomic E-state index is 13.1. The summed E-state index contributed by atoms with van der Waals surface area (Å²) < 4.78 is 5.71. The molecule has 3 rings (SSSR count). The third-order valence-electron chi connectivity index (χ3n) is 6.82. The van der Waals surface area contributed by atoms with Gasteiger partial charge in [0.05, 0.1) is 17.8 Å². The molecule has 212 valence electrons. The molecule has 1 fully saturated rings. The highest BCUT2D eigenvalue weighted by atomic mass is 35.5. The number of Topliss-reactive ketones (excluding diaryl/α,β-unsaturated/α-hetero) is 1. The predicted molar refractivity (Wildman–Crippen MR) is 166 cm³/mol. The Balaban J connectivity index is 1.81. The largest absolute Gasteiger partial charge is 0.494 e. The molecule has 1 heterocycles. The van der Waals surface area contributed by atoms with Crippen molar-refractivity contribution in [1.29, 1.82) is 0 Å². The average Bonchev–Trinajstić information content (AvgIpc) is 2.98. The Kier molecular flexibility index (Phi) is 11.1. The topological polar surface area (TPSA) is 86.3 Å². The molecule has 0 spiro atoms. The van der Waals surface area contributed by atoms with E-state index in [9.17, 15) is 9.59 Å². The standard InChI is InChI=1S/C31H38ClN5O3/c1-7-21(3)31(35-27-13-12-25(19-28(27)40-6)37-16-14-36(5)15-17-37)33-20-26(32)22(4)30(39)23-10-9-11-24(18-23)34-29(38)8-2/h8-13,18-20,35H,2,7,14-17H2,1,3-6H3,(H,34,38)/b26-22-,31-21-,33-20-. The molecule has 2 N–H and O–H groups in total. The number of rotatable bonds is 11. The van der Waals surface area contributed by atoms with Crippen LogP contribution in [0, 0.1) is 0 Å². The van der Waals surface area contributed by atoms with E-state index in [4.69, 9.17) is 16.3 Å². The zero-order chi connectivity index (χ0) is 29.2. The quantitative estimate of drug-likeness (QED) is 0.195. The first-order chi connectivity index (χ1) is 19.2. The normalized spacial score (nSPS) is 15.3. The molecule has 0 aromatic heterocycles. The Morgan fingerprint density at radius 3 is 2.48 bits per heavy atom. The van der Waals surface area contributed by atoms with Crippen molar-refractivity contribution in [3.63, 3.8) is 0 Å².